The van der Waals surface area contributed by atoms with Gasteiger partial charge >= 0.3 is 12.2 Å². The van der Waals surface area contributed by atoms with Crippen LogP contribution >= 0.6 is 0 Å². The number of nitrogens with zero attached hydrogens (tertiary/aromatic N) is 3. The zero-order valence-corrected chi connectivity index (χ0v) is 18.4. The predicted molar refractivity (Wildman–Crippen MR) is 107 cm³/mol. The molecule has 0 aliphatic carbocycles. The van der Waals surface area contributed by atoms with Crippen LogP contribution in [0.25, 0.3) is 0 Å². The van der Waals surface area contributed by atoms with Gasteiger partial charge in [0.05, 0.1) is 18.4 Å². The van der Waals surface area contributed by atoms with E-state index in [1.165, 1.54) is 4.68 Å². The highest BCUT2D eigenvalue weighted by molar-refractivity contribution is 5.67. The number of rotatable bonds is 12. The summed E-state index contributed by atoms with van der Waals surface area (Å²) in [7, 11) is 1.74. The first kappa shape index (κ1) is 24.7. The number of nitrogens with one attached hydrogen (secondary N) is 2. The molecule has 0 saturated carbocycles. The van der Waals surface area contributed by atoms with Gasteiger partial charge in [-0.05, 0) is 33.6 Å². The van der Waals surface area contributed by atoms with E-state index in [1.807, 2.05) is 34.6 Å². The number of hydrogen-bond donors (Lipinski definition) is 2. The van der Waals surface area contributed by atoms with Crippen molar-refractivity contribution >= 4 is 12.2 Å². The Morgan fingerprint density at radius 2 is 1.90 bits per heavy atom. The molecule has 0 saturated heterocycles. The molecule has 2 N–H and O–H groups in total. The highest BCUT2D eigenvalue weighted by atomic mass is 16.6. The lowest BCUT2D eigenvalue weighted by Crippen LogP contribution is -2.43. The molecule has 0 spiro atoms. The zero-order valence-electron chi connectivity index (χ0n) is 18.4. The van der Waals surface area contributed by atoms with E-state index in [2.05, 4.69) is 20.9 Å². The molecule has 0 radical (unpaired) electrons. The minimum Gasteiger partial charge on any atom is -0.443 e. The quantitative estimate of drug-likeness (QED) is 0.541. The van der Waals surface area contributed by atoms with Crippen LogP contribution in [-0.4, -0.2) is 58.1 Å². The molecule has 10 nitrogen and oxygen atoms in total. The van der Waals surface area contributed by atoms with Crippen molar-refractivity contribution < 1.29 is 23.8 Å². The fraction of sp³-hybridized carbons (Fsp3) is 0.789. The molecule has 10 heteroatoms. The van der Waals surface area contributed by atoms with E-state index >= 15 is 0 Å². The fourth-order valence-corrected chi connectivity index (χ4v) is 2.30. The van der Waals surface area contributed by atoms with Crippen LogP contribution in [0.15, 0.2) is 6.20 Å². The average Bonchev–Trinajstić information content (AvgIpc) is 3.07. The Balaban J connectivity index is 2.35. The highest BCUT2D eigenvalue weighted by Crippen LogP contribution is 2.19. The first-order valence-electron chi connectivity index (χ1n) is 9.96. The maximum absolute atomic E-state index is 11.9. The number of carbonyl (C=O) groups is 2. The normalized spacial score (nSPS) is 13.4. The van der Waals surface area contributed by atoms with Gasteiger partial charge in [-0.2, -0.15) is 0 Å². The van der Waals surface area contributed by atoms with Crippen LogP contribution in [0, 0.1) is 0 Å². The zero-order chi connectivity index (χ0) is 21.9. The molecule has 1 atom stereocenters. The minimum absolute atomic E-state index is 0.0506. The summed E-state index contributed by atoms with van der Waals surface area (Å²) in [5, 5.41) is 13.0. The lowest BCUT2D eigenvalue weighted by atomic mass is 10.0. The van der Waals surface area contributed by atoms with Crippen LogP contribution < -0.4 is 10.6 Å². The second-order valence-electron chi connectivity index (χ2n) is 7.79. The number of aromatic nitrogens is 3. The van der Waals surface area contributed by atoms with Crippen molar-refractivity contribution in [3.05, 3.63) is 11.9 Å². The minimum atomic E-state index is -0.657. The molecule has 0 fully saturated rings. The Bertz CT molecular complexity index is 649. The van der Waals surface area contributed by atoms with Crippen LogP contribution in [0.2, 0.25) is 0 Å². The van der Waals surface area contributed by atoms with Crippen molar-refractivity contribution in [2.24, 2.45) is 7.05 Å². The van der Waals surface area contributed by atoms with E-state index < -0.39 is 23.4 Å². The van der Waals surface area contributed by atoms with Crippen molar-refractivity contribution in [1.82, 2.24) is 25.6 Å². The first-order valence-corrected chi connectivity index (χ1v) is 9.96. The molecule has 2 amide bonds. The molecule has 0 aliphatic heterocycles. The second-order valence-corrected chi connectivity index (χ2v) is 7.79. The number of carbonyl (C=O) groups excluding carboxylic acids is 2. The monoisotopic (exact) mass is 413 g/mol. The molecular formula is C19H35N5O5. The maximum Gasteiger partial charge on any atom is 0.407 e. The van der Waals surface area contributed by atoms with Gasteiger partial charge in [-0.1, -0.05) is 19.1 Å². The number of aryl methyl sites for hydroxylation is 1. The molecular weight excluding hydrogens is 378 g/mol. The maximum atomic E-state index is 11.9. The molecule has 0 aliphatic rings. The molecule has 0 bridgehead atoms. The topological polar surface area (TPSA) is 117 Å². The Hall–Kier alpha value is -2.36. The molecule has 1 rings (SSSR count). The molecule has 1 heterocycles. The summed E-state index contributed by atoms with van der Waals surface area (Å²) in [4.78, 5) is 23.6. The SMILES string of the molecule is CCCNC(=O)OC(C)(C)CCOC(C)(CC)CNC(=O)OCc1cn(C)nn1. The average molecular weight is 414 g/mol. The van der Waals surface area contributed by atoms with E-state index in [0.717, 1.165) is 6.42 Å². The summed E-state index contributed by atoms with van der Waals surface area (Å²) >= 11 is 0. The third-order valence-electron chi connectivity index (χ3n) is 4.40. The third-order valence-corrected chi connectivity index (χ3v) is 4.40. The van der Waals surface area contributed by atoms with Gasteiger partial charge in [-0.15, -0.1) is 5.10 Å². The van der Waals surface area contributed by atoms with Gasteiger partial charge in [-0.25, -0.2) is 9.59 Å². The number of amides is 2. The Kier molecular flexibility index (Phi) is 9.87. The van der Waals surface area contributed by atoms with E-state index in [4.69, 9.17) is 14.2 Å². The van der Waals surface area contributed by atoms with Crippen LogP contribution in [0.3, 0.4) is 0 Å². The van der Waals surface area contributed by atoms with Crippen LogP contribution in [-0.2, 0) is 27.9 Å². The fourth-order valence-electron chi connectivity index (χ4n) is 2.30. The lowest BCUT2D eigenvalue weighted by Gasteiger charge is -2.31. The molecule has 1 unspecified atom stereocenters. The van der Waals surface area contributed by atoms with Gasteiger partial charge in [-0.3, -0.25) is 4.68 Å². The summed E-state index contributed by atoms with van der Waals surface area (Å²) < 4.78 is 18.1. The summed E-state index contributed by atoms with van der Waals surface area (Å²) in [6.45, 7) is 10.9. The second kappa shape index (κ2) is 11.6. The molecule has 0 aromatic carbocycles. The van der Waals surface area contributed by atoms with Gasteiger partial charge in [0.2, 0.25) is 0 Å². The van der Waals surface area contributed by atoms with Crippen LogP contribution in [0.1, 0.15) is 59.6 Å². The summed E-state index contributed by atoms with van der Waals surface area (Å²) in [6.07, 6.45) is 2.77. The van der Waals surface area contributed by atoms with Crippen LogP contribution in [0.5, 0.6) is 0 Å². The van der Waals surface area contributed by atoms with Gasteiger partial charge in [0.15, 0.2) is 0 Å². The van der Waals surface area contributed by atoms with Gasteiger partial charge in [0, 0.05) is 26.6 Å². The largest absolute Gasteiger partial charge is 0.443 e. The van der Waals surface area contributed by atoms with E-state index in [9.17, 15) is 9.59 Å². The summed E-state index contributed by atoms with van der Waals surface area (Å²) in [6, 6.07) is 0. The standard InChI is InChI=1S/C19H35N5O5/c1-7-10-20-17(26)29-18(3,4)9-11-28-19(5,8-2)14-21-16(25)27-13-15-12-24(6)23-22-15/h12H,7-11,13-14H2,1-6H3,(H,20,26)(H,21,25). The molecule has 29 heavy (non-hydrogen) atoms. The smallest absolute Gasteiger partial charge is 0.407 e. The number of hydrogen-bond acceptors (Lipinski definition) is 7. The van der Waals surface area contributed by atoms with Gasteiger partial charge in [0.1, 0.15) is 17.9 Å². The van der Waals surface area contributed by atoms with E-state index in [0.29, 0.717) is 38.2 Å². The van der Waals surface area contributed by atoms with Crippen molar-refractivity contribution in [3.8, 4) is 0 Å². The Labute approximate surface area is 172 Å². The van der Waals surface area contributed by atoms with Crippen molar-refractivity contribution in [2.45, 2.75) is 71.7 Å². The predicted octanol–water partition coefficient (Wildman–Crippen LogP) is 2.53. The highest BCUT2D eigenvalue weighted by Gasteiger charge is 2.27. The first-order chi connectivity index (χ1) is 13.6. The lowest BCUT2D eigenvalue weighted by molar-refractivity contribution is -0.0594. The van der Waals surface area contributed by atoms with Crippen molar-refractivity contribution in [2.75, 3.05) is 19.7 Å². The van der Waals surface area contributed by atoms with Gasteiger partial charge < -0.3 is 24.8 Å². The third kappa shape index (κ3) is 10.1. The Morgan fingerprint density at radius 1 is 1.17 bits per heavy atom. The number of ether oxygens (including phenoxy) is 3. The van der Waals surface area contributed by atoms with E-state index in [-0.39, 0.29) is 6.61 Å². The molecule has 1 aromatic rings. The van der Waals surface area contributed by atoms with Gasteiger partial charge in [0.25, 0.3) is 0 Å². The van der Waals surface area contributed by atoms with Crippen molar-refractivity contribution in [3.63, 3.8) is 0 Å². The van der Waals surface area contributed by atoms with Crippen LogP contribution in [0.4, 0.5) is 9.59 Å². The summed E-state index contributed by atoms with van der Waals surface area (Å²) in [5.74, 6) is 0. The molecule has 1 aromatic heterocycles. The number of alkyl carbamates (subject to hydrolysis) is 2. The summed E-state index contributed by atoms with van der Waals surface area (Å²) in [5.41, 5.74) is -0.649. The Morgan fingerprint density at radius 3 is 2.48 bits per heavy atom. The van der Waals surface area contributed by atoms with E-state index in [1.54, 1.807) is 13.2 Å². The van der Waals surface area contributed by atoms with Crippen molar-refractivity contribution in [1.29, 1.82) is 0 Å². The molecule has 166 valence electrons.